The van der Waals surface area contributed by atoms with E-state index in [4.69, 9.17) is 0 Å². The lowest BCUT2D eigenvalue weighted by Crippen LogP contribution is -2.45. The zero-order valence-electron chi connectivity index (χ0n) is 18.4. The van der Waals surface area contributed by atoms with Crippen LogP contribution in [-0.4, -0.2) is 57.5 Å². The molecule has 8 heteroatoms. The van der Waals surface area contributed by atoms with Gasteiger partial charge in [-0.05, 0) is 63.3 Å². The zero-order chi connectivity index (χ0) is 21.4. The SMILES string of the molecule is CCNC(=NCc1ccc(S(=O)(=O)NC2CC2)cc1)NCCN1CCCCC1CC. The van der Waals surface area contributed by atoms with E-state index >= 15 is 0 Å². The Bertz CT molecular complexity index is 790. The quantitative estimate of drug-likeness (QED) is 0.388. The first-order valence-electron chi connectivity index (χ1n) is 11.4. The summed E-state index contributed by atoms with van der Waals surface area (Å²) >= 11 is 0. The van der Waals surface area contributed by atoms with Gasteiger partial charge in [-0.3, -0.25) is 4.90 Å². The normalized spacial score (nSPS) is 20.9. The Morgan fingerprint density at radius 2 is 1.87 bits per heavy atom. The van der Waals surface area contributed by atoms with Gasteiger partial charge in [-0.1, -0.05) is 25.5 Å². The highest BCUT2D eigenvalue weighted by Crippen LogP contribution is 2.22. The van der Waals surface area contributed by atoms with Crippen LogP contribution in [0.1, 0.15) is 57.9 Å². The predicted molar refractivity (Wildman–Crippen MR) is 122 cm³/mol. The molecule has 168 valence electrons. The van der Waals surface area contributed by atoms with Crippen molar-refractivity contribution in [3.63, 3.8) is 0 Å². The van der Waals surface area contributed by atoms with Crippen molar-refractivity contribution < 1.29 is 8.42 Å². The highest BCUT2D eigenvalue weighted by Gasteiger charge is 2.27. The first-order valence-corrected chi connectivity index (χ1v) is 12.9. The van der Waals surface area contributed by atoms with Gasteiger partial charge in [0.1, 0.15) is 0 Å². The number of benzene rings is 1. The van der Waals surface area contributed by atoms with Crippen LogP contribution >= 0.6 is 0 Å². The van der Waals surface area contributed by atoms with Crippen LogP contribution in [0.4, 0.5) is 0 Å². The van der Waals surface area contributed by atoms with Gasteiger partial charge in [0.05, 0.1) is 11.4 Å². The minimum absolute atomic E-state index is 0.116. The van der Waals surface area contributed by atoms with Gasteiger partial charge in [-0.25, -0.2) is 18.1 Å². The molecule has 0 bridgehead atoms. The van der Waals surface area contributed by atoms with Crippen molar-refractivity contribution in [2.24, 2.45) is 4.99 Å². The molecule has 1 aliphatic heterocycles. The fraction of sp³-hybridized carbons (Fsp3) is 0.682. The molecule has 1 unspecified atom stereocenters. The number of hydrogen-bond acceptors (Lipinski definition) is 4. The van der Waals surface area contributed by atoms with E-state index in [1.807, 2.05) is 12.1 Å². The number of nitrogens with one attached hydrogen (secondary N) is 3. The second kappa shape index (κ2) is 11.1. The summed E-state index contributed by atoms with van der Waals surface area (Å²) in [5.41, 5.74) is 0.986. The summed E-state index contributed by atoms with van der Waals surface area (Å²) in [4.78, 5) is 7.58. The molecule has 1 heterocycles. The molecule has 0 amide bonds. The number of guanidine groups is 1. The largest absolute Gasteiger partial charge is 0.357 e. The van der Waals surface area contributed by atoms with Crippen LogP contribution in [0.5, 0.6) is 0 Å². The molecule has 1 atom stereocenters. The van der Waals surface area contributed by atoms with Gasteiger partial charge in [0.25, 0.3) is 0 Å². The number of rotatable bonds is 10. The number of piperidine rings is 1. The smallest absolute Gasteiger partial charge is 0.240 e. The molecule has 7 nitrogen and oxygen atoms in total. The van der Waals surface area contributed by atoms with E-state index in [2.05, 4.69) is 39.1 Å². The second-order valence-corrected chi connectivity index (χ2v) is 9.97. The summed E-state index contributed by atoms with van der Waals surface area (Å²) in [6.45, 7) is 8.74. The summed E-state index contributed by atoms with van der Waals surface area (Å²) < 4.78 is 27.3. The monoisotopic (exact) mass is 435 g/mol. The topological polar surface area (TPSA) is 85.8 Å². The molecule has 0 radical (unpaired) electrons. The molecule has 1 aromatic rings. The molecule has 1 saturated heterocycles. The number of likely N-dealkylation sites (tertiary alicyclic amines) is 1. The van der Waals surface area contributed by atoms with Crippen LogP contribution in [0, 0.1) is 0 Å². The van der Waals surface area contributed by atoms with Gasteiger partial charge >= 0.3 is 0 Å². The molecular formula is C22H37N5O2S. The Hall–Kier alpha value is -1.64. The average Bonchev–Trinajstić information content (AvgIpc) is 3.56. The van der Waals surface area contributed by atoms with Crippen molar-refractivity contribution in [1.29, 1.82) is 0 Å². The third-order valence-electron chi connectivity index (χ3n) is 5.81. The molecular weight excluding hydrogens is 398 g/mol. The maximum atomic E-state index is 12.3. The molecule has 2 aliphatic rings. The van der Waals surface area contributed by atoms with E-state index < -0.39 is 10.0 Å². The van der Waals surface area contributed by atoms with E-state index in [1.165, 1.54) is 32.2 Å². The number of hydrogen-bond donors (Lipinski definition) is 3. The third-order valence-corrected chi connectivity index (χ3v) is 7.34. The number of aliphatic imine (C=N–C) groups is 1. The summed E-state index contributed by atoms with van der Waals surface area (Å²) in [6, 6.07) is 7.84. The lowest BCUT2D eigenvalue weighted by Gasteiger charge is -2.35. The van der Waals surface area contributed by atoms with Gasteiger partial charge in [-0.15, -0.1) is 0 Å². The van der Waals surface area contributed by atoms with Crippen molar-refractivity contribution in [1.82, 2.24) is 20.3 Å². The van der Waals surface area contributed by atoms with Gasteiger partial charge in [0.15, 0.2) is 5.96 Å². The fourth-order valence-corrected chi connectivity index (χ4v) is 5.21. The molecule has 1 saturated carbocycles. The van der Waals surface area contributed by atoms with Gasteiger partial charge in [0.2, 0.25) is 10.0 Å². The van der Waals surface area contributed by atoms with Gasteiger partial charge in [0, 0.05) is 31.7 Å². The lowest BCUT2D eigenvalue weighted by atomic mass is 10.0. The molecule has 1 aromatic carbocycles. The Morgan fingerprint density at radius 1 is 1.10 bits per heavy atom. The first-order chi connectivity index (χ1) is 14.5. The zero-order valence-corrected chi connectivity index (χ0v) is 19.2. The summed E-state index contributed by atoms with van der Waals surface area (Å²) in [6.07, 6.45) is 7.05. The fourth-order valence-electron chi connectivity index (χ4n) is 3.91. The van der Waals surface area contributed by atoms with Gasteiger partial charge < -0.3 is 10.6 Å². The highest BCUT2D eigenvalue weighted by molar-refractivity contribution is 7.89. The molecule has 0 aromatic heterocycles. The van der Waals surface area contributed by atoms with Crippen LogP contribution in [0.25, 0.3) is 0 Å². The van der Waals surface area contributed by atoms with Crippen molar-refractivity contribution in [2.75, 3.05) is 26.2 Å². The maximum Gasteiger partial charge on any atom is 0.240 e. The van der Waals surface area contributed by atoms with Crippen LogP contribution < -0.4 is 15.4 Å². The van der Waals surface area contributed by atoms with Gasteiger partial charge in [-0.2, -0.15) is 0 Å². The highest BCUT2D eigenvalue weighted by atomic mass is 32.2. The van der Waals surface area contributed by atoms with Crippen molar-refractivity contribution in [2.45, 2.75) is 75.9 Å². The predicted octanol–water partition coefficient (Wildman–Crippen LogP) is 2.45. The van der Waals surface area contributed by atoms with Crippen LogP contribution in [0.15, 0.2) is 34.2 Å². The van der Waals surface area contributed by atoms with E-state index in [0.29, 0.717) is 17.5 Å². The summed E-state index contributed by atoms with van der Waals surface area (Å²) in [5.74, 6) is 0.801. The molecule has 3 N–H and O–H groups in total. The van der Waals surface area contributed by atoms with Crippen molar-refractivity contribution in [3.8, 4) is 0 Å². The van der Waals surface area contributed by atoms with E-state index in [9.17, 15) is 8.42 Å². The maximum absolute atomic E-state index is 12.3. The Labute approximate surface area is 181 Å². The van der Waals surface area contributed by atoms with Crippen LogP contribution in [0.2, 0.25) is 0 Å². The Balaban J connectivity index is 1.51. The van der Waals surface area contributed by atoms with E-state index in [-0.39, 0.29) is 6.04 Å². The molecule has 30 heavy (non-hydrogen) atoms. The lowest BCUT2D eigenvalue weighted by molar-refractivity contribution is 0.147. The minimum Gasteiger partial charge on any atom is -0.357 e. The summed E-state index contributed by atoms with van der Waals surface area (Å²) in [7, 11) is -3.40. The van der Waals surface area contributed by atoms with Crippen LogP contribution in [-0.2, 0) is 16.6 Å². The third kappa shape index (κ3) is 6.96. The molecule has 1 aliphatic carbocycles. The van der Waals surface area contributed by atoms with Crippen molar-refractivity contribution >= 4 is 16.0 Å². The van der Waals surface area contributed by atoms with Crippen molar-refractivity contribution in [3.05, 3.63) is 29.8 Å². The first kappa shape index (κ1) is 23.0. The average molecular weight is 436 g/mol. The molecule has 0 spiro atoms. The minimum atomic E-state index is -3.40. The summed E-state index contributed by atoms with van der Waals surface area (Å²) in [5, 5.41) is 6.73. The molecule has 2 fully saturated rings. The number of sulfonamides is 1. The standard InChI is InChI=1S/C22H37N5O2S/c1-3-20-7-5-6-15-27(20)16-14-24-22(23-4-2)25-17-18-8-12-21(13-9-18)30(28,29)26-19-10-11-19/h8-9,12-13,19-20,26H,3-7,10-11,14-17H2,1-2H3,(H2,23,24,25). The van der Waals surface area contributed by atoms with E-state index in [1.54, 1.807) is 12.1 Å². The Kier molecular flexibility index (Phi) is 8.53. The van der Waals surface area contributed by atoms with Crippen LogP contribution in [0.3, 0.4) is 0 Å². The molecule has 3 rings (SSSR count). The van der Waals surface area contributed by atoms with E-state index in [0.717, 1.165) is 44.0 Å². The Morgan fingerprint density at radius 3 is 2.53 bits per heavy atom. The second-order valence-electron chi connectivity index (χ2n) is 8.26. The number of nitrogens with zero attached hydrogens (tertiary/aromatic N) is 2.